The van der Waals surface area contributed by atoms with Crippen LogP contribution in [0.25, 0.3) is 22.3 Å². The van der Waals surface area contributed by atoms with Crippen molar-refractivity contribution in [1.82, 2.24) is 0 Å². The van der Waals surface area contributed by atoms with E-state index in [4.69, 9.17) is 5.11 Å². The number of aliphatic hydroxyl groups is 2. The highest BCUT2D eigenvalue weighted by Crippen LogP contribution is 2.41. The van der Waals surface area contributed by atoms with Crippen LogP contribution >= 0.6 is 11.8 Å². The predicted octanol–water partition coefficient (Wildman–Crippen LogP) is 6.10. The third kappa shape index (κ3) is 6.88. The zero-order chi connectivity index (χ0) is 24.8. The van der Waals surface area contributed by atoms with Crippen molar-refractivity contribution in [2.75, 3.05) is 5.75 Å². The van der Waals surface area contributed by atoms with Crippen LogP contribution in [0.2, 0.25) is 0 Å². The summed E-state index contributed by atoms with van der Waals surface area (Å²) >= 11 is 1.41. The lowest BCUT2D eigenvalue weighted by atomic mass is 9.92. The zero-order valence-corrected chi connectivity index (χ0v) is 19.9. The average Bonchev–Trinajstić information content (AvgIpc) is 2.77. The monoisotopic (exact) mass is 486 g/mol. The van der Waals surface area contributed by atoms with E-state index in [1.807, 2.05) is 12.1 Å². The fraction of sp³-hybridized carbons (Fsp3) is 0.296. The molecule has 0 aliphatic heterocycles. The highest BCUT2D eigenvalue weighted by atomic mass is 32.2. The van der Waals surface area contributed by atoms with Gasteiger partial charge in [0.1, 0.15) is 11.6 Å². The van der Waals surface area contributed by atoms with Gasteiger partial charge in [-0.1, -0.05) is 38.1 Å². The van der Waals surface area contributed by atoms with Crippen LogP contribution in [0.1, 0.15) is 38.2 Å². The first-order valence-electron chi connectivity index (χ1n) is 11.0. The molecule has 3 aromatic carbocycles. The van der Waals surface area contributed by atoms with E-state index in [1.165, 1.54) is 36.0 Å². The molecule has 0 aromatic heterocycles. The molecule has 180 valence electrons. The number of aliphatic carboxylic acids is 1. The number of hydrogen-bond acceptors (Lipinski definition) is 4. The van der Waals surface area contributed by atoms with E-state index >= 15 is 0 Å². The van der Waals surface area contributed by atoms with Gasteiger partial charge in [-0.25, -0.2) is 8.78 Å². The van der Waals surface area contributed by atoms with Crippen LogP contribution in [-0.4, -0.2) is 39.2 Å². The number of halogens is 2. The molecular formula is C27H28F2O4S. The lowest BCUT2D eigenvalue weighted by molar-refractivity contribution is -0.139. The van der Waals surface area contributed by atoms with E-state index in [9.17, 15) is 23.8 Å². The van der Waals surface area contributed by atoms with E-state index in [-0.39, 0.29) is 29.7 Å². The summed E-state index contributed by atoms with van der Waals surface area (Å²) in [6.07, 6.45) is -2.51. The zero-order valence-electron chi connectivity index (χ0n) is 19.0. The molecule has 0 saturated carbocycles. The molecule has 3 aromatic rings. The molecule has 0 aliphatic rings. The number of hydrogen-bond donors (Lipinski definition) is 3. The summed E-state index contributed by atoms with van der Waals surface area (Å²) in [5, 5.41) is 29.1. The van der Waals surface area contributed by atoms with Gasteiger partial charge in [-0.15, -0.1) is 11.8 Å². The van der Waals surface area contributed by atoms with Gasteiger partial charge in [-0.2, -0.15) is 0 Å². The maximum absolute atomic E-state index is 13.6. The number of thioether (sulfide) groups is 1. The second-order valence-corrected chi connectivity index (χ2v) is 9.59. The summed E-state index contributed by atoms with van der Waals surface area (Å²) in [6, 6.07) is 16.4. The Bertz CT molecular complexity index is 1110. The number of carbonyl (C=O) groups is 1. The number of benzene rings is 3. The fourth-order valence-corrected chi connectivity index (χ4v) is 5.03. The normalized spacial score (nSPS) is 13.1. The molecule has 0 bridgehead atoms. The molecule has 34 heavy (non-hydrogen) atoms. The van der Waals surface area contributed by atoms with E-state index in [1.54, 1.807) is 24.3 Å². The van der Waals surface area contributed by atoms with Gasteiger partial charge in [-0.3, -0.25) is 4.79 Å². The molecule has 0 aliphatic carbocycles. The highest BCUT2D eigenvalue weighted by Gasteiger charge is 2.20. The van der Waals surface area contributed by atoms with Gasteiger partial charge < -0.3 is 15.3 Å². The lowest BCUT2D eigenvalue weighted by Crippen LogP contribution is -2.22. The number of aliphatic hydroxyl groups excluding tert-OH is 2. The molecule has 0 fully saturated rings. The Labute approximate surface area is 202 Å². The smallest absolute Gasteiger partial charge is 0.305 e. The summed E-state index contributed by atoms with van der Waals surface area (Å²) in [6.45, 7) is 4.10. The number of rotatable bonds is 10. The van der Waals surface area contributed by atoms with Gasteiger partial charge in [0, 0.05) is 17.1 Å². The quantitative estimate of drug-likeness (QED) is 0.302. The molecule has 0 unspecified atom stereocenters. The van der Waals surface area contributed by atoms with Crippen molar-refractivity contribution in [3.05, 3.63) is 77.9 Å². The Morgan fingerprint density at radius 2 is 1.41 bits per heavy atom. The van der Waals surface area contributed by atoms with Crippen LogP contribution in [0, 0.1) is 11.6 Å². The fourth-order valence-electron chi connectivity index (χ4n) is 3.74. The van der Waals surface area contributed by atoms with E-state index in [0.717, 1.165) is 32.7 Å². The molecule has 7 heteroatoms. The third-order valence-corrected chi connectivity index (χ3v) is 6.74. The van der Waals surface area contributed by atoms with Crippen LogP contribution in [0.3, 0.4) is 0 Å². The Morgan fingerprint density at radius 3 is 1.94 bits per heavy atom. The molecule has 3 N–H and O–H groups in total. The molecule has 0 saturated heterocycles. The first kappa shape index (κ1) is 25.9. The minimum atomic E-state index is -1.13. The maximum Gasteiger partial charge on any atom is 0.305 e. The Kier molecular flexibility index (Phi) is 8.83. The van der Waals surface area contributed by atoms with Crippen molar-refractivity contribution in [1.29, 1.82) is 0 Å². The molecular weight excluding hydrogens is 458 g/mol. The first-order valence-corrected chi connectivity index (χ1v) is 12.0. The standard InChI is InChI=1S/C27H28F2O4S/c1-16(2)24-11-19(17-3-7-20(28)8-4-17)12-25(18-5-9-21(29)10-6-18)27(24)34-15-23(31)13-22(30)14-26(32)33/h3-12,16,22-23,30-31H,13-15H2,1-2H3,(H,32,33)/t22-,23+/m1/s1. The van der Waals surface area contributed by atoms with Gasteiger partial charge in [0.05, 0.1) is 18.6 Å². The van der Waals surface area contributed by atoms with Crippen molar-refractivity contribution < 1.29 is 28.9 Å². The summed E-state index contributed by atoms with van der Waals surface area (Å²) in [7, 11) is 0. The van der Waals surface area contributed by atoms with Crippen molar-refractivity contribution >= 4 is 17.7 Å². The molecule has 3 rings (SSSR count). The summed E-state index contributed by atoms with van der Waals surface area (Å²) < 4.78 is 27.1. The summed E-state index contributed by atoms with van der Waals surface area (Å²) in [4.78, 5) is 11.7. The first-order chi connectivity index (χ1) is 16.1. The average molecular weight is 487 g/mol. The molecule has 0 heterocycles. The SMILES string of the molecule is CC(C)c1cc(-c2ccc(F)cc2)cc(-c2ccc(F)cc2)c1SC[C@@H](O)C[C@@H](O)CC(=O)O. The van der Waals surface area contributed by atoms with Crippen LogP contribution in [0.4, 0.5) is 8.78 Å². The van der Waals surface area contributed by atoms with Crippen molar-refractivity contribution in [3.63, 3.8) is 0 Å². The van der Waals surface area contributed by atoms with Crippen LogP contribution in [0.5, 0.6) is 0 Å². The molecule has 0 radical (unpaired) electrons. The van der Waals surface area contributed by atoms with Gasteiger partial charge in [0.25, 0.3) is 0 Å². The minimum Gasteiger partial charge on any atom is -0.481 e. The van der Waals surface area contributed by atoms with Crippen LogP contribution in [-0.2, 0) is 4.79 Å². The van der Waals surface area contributed by atoms with Crippen molar-refractivity contribution in [3.8, 4) is 22.3 Å². The second-order valence-electron chi connectivity index (χ2n) is 8.56. The number of carboxylic acids is 1. The highest BCUT2D eigenvalue weighted by molar-refractivity contribution is 7.99. The van der Waals surface area contributed by atoms with E-state index in [2.05, 4.69) is 13.8 Å². The Morgan fingerprint density at radius 1 is 0.853 bits per heavy atom. The topological polar surface area (TPSA) is 77.8 Å². The molecule has 4 nitrogen and oxygen atoms in total. The van der Waals surface area contributed by atoms with Gasteiger partial charge in [0.15, 0.2) is 0 Å². The largest absolute Gasteiger partial charge is 0.481 e. The van der Waals surface area contributed by atoms with Crippen LogP contribution < -0.4 is 0 Å². The molecule has 0 spiro atoms. The summed E-state index contributed by atoms with van der Waals surface area (Å²) in [5.41, 5.74) is 4.42. The van der Waals surface area contributed by atoms with Crippen molar-refractivity contribution in [2.45, 2.75) is 49.7 Å². The predicted molar refractivity (Wildman–Crippen MR) is 131 cm³/mol. The lowest BCUT2D eigenvalue weighted by Gasteiger charge is -2.21. The number of carboxylic acid groups (broad SMARTS) is 1. The molecule has 0 amide bonds. The van der Waals surface area contributed by atoms with Gasteiger partial charge >= 0.3 is 5.97 Å². The maximum atomic E-state index is 13.6. The summed E-state index contributed by atoms with van der Waals surface area (Å²) in [5.74, 6) is -1.42. The van der Waals surface area contributed by atoms with Gasteiger partial charge in [0.2, 0.25) is 0 Å². The Hall–Kier alpha value is -2.74. The van der Waals surface area contributed by atoms with Crippen LogP contribution in [0.15, 0.2) is 65.6 Å². The second kappa shape index (κ2) is 11.6. The minimum absolute atomic E-state index is 0.0458. The van der Waals surface area contributed by atoms with E-state index < -0.39 is 24.6 Å². The van der Waals surface area contributed by atoms with Gasteiger partial charge in [-0.05, 0) is 70.1 Å². The third-order valence-electron chi connectivity index (χ3n) is 5.45. The van der Waals surface area contributed by atoms with Crippen molar-refractivity contribution in [2.24, 2.45) is 0 Å². The molecule has 2 atom stereocenters. The Balaban J connectivity index is 2.01. The van der Waals surface area contributed by atoms with E-state index in [0.29, 0.717) is 0 Å².